The van der Waals surface area contributed by atoms with E-state index in [4.69, 9.17) is 9.47 Å². The number of ether oxygens (including phenoxy) is 2. The van der Waals surface area contributed by atoms with E-state index in [1.165, 1.54) is 18.3 Å². The molecule has 10 heteroatoms. The third kappa shape index (κ3) is 5.08. The van der Waals surface area contributed by atoms with Crippen LogP contribution in [-0.2, 0) is 9.84 Å². The predicted molar refractivity (Wildman–Crippen MR) is 126 cm³/mol. The quantitative estimate of drug-likeness (QED) is 0.509. The summed E-state index contributed by atoms with van der Waals surface area (Å²) in [5.74, 6) is 1.45. The van der Waals surface area contributed by atoms with Gasteiger partial charge in [0, 0.05) is 41.8 Å². The summed E-state index contributed by atoms with van der Waals surface area (Å²) in [6, 6.07) is 8.65. The summed E-state index contributed by atoms with van der Waals surface area (Å²) < 4.78 is 35.2. The smallest absolute Gasteiger partial charge is 0.219 e. The van der Waals surface area contributed by atoms with E-state index >= 15 is 0 Å². The van der Waals surface area contributed by atoms with Gasteiger partial charge in [0.05, 0.1) is 28.8 Å². The van der Waals surface area contributed by atoms with Gasteiger partial charge >= 0.3 is 0 Å². The number of aliphatic imine (C=N–C) groups is 1. The molecule has 1 aliphatic rings. The summed E-state index contributed by atoms with van der Waals surface area (Å²) in [6.45, 7) is 4.74. The number of aromatic nitrogens is 2. The van der Waals surface area contributed by atoms with Crippen molar-refractivity contribution in [1.29, 1.82) is 0 Å². The van der Waals surface area contributed by atoms with Crippen molar-refractivity contribution in [3.05, 3.63) is 42.2 Å². The van der Waals surface area contributed by atoms with Gasteiger partial charge < -0.3 is 19.6 Å². The van der Waals surface area contributed by atoms with Gasteiger partial charge in [0.15, 0.2) is 9.84 Å². The van der Waals surface area contributed by atoms with Crippen molar-refractivity contribution >= 4 is 37.5 Å². The molecule has 0 radical (unpaired) electrons. The van der Waals surface area contributed by atoms with Crippen molar-refractivity contribution in [2.45, 2.75) is 36.5 Å². The predicted octanol–water partition coefficient (Wildman–Crippen LogP) is 3.79. The second-order valence-electron chi connectivity index (χ2n) is 7.84. The van der Waals surface area contributed by atoms with Crippen molar-refractivity contribution in [2.75, 3.05) is 19.4 Å². The molecule has 0 aliphatic carbocycles. The maximum atomic E-state index is 11.6. The van der Waals surface area contributed by atoms with Crippen molar-refractivity contribution in [3.8, 4) is 17.4 Å². The Morgan fingerprint density at radius 2 is 2.09 bits per heavy atom. The lowest BCUT2D eigenvalue weighted by molar-refractivity contribution is 0.244. The number of sulfone groups is 1. The minimum atomic E-state index is -3.32. The molecular weight excluding hydrogens is 450 g/mol. The van der Waals surface area contributed by atoms with Crippen molar-refractivity contribution in [3.63, 3.8) is 0 Å². The van der Waals surface area contributed by atoms with Gasteiger partial charge in [-0.3, -0.25) is 4.99 Å². The summed E-state index contributed by atoms with van der Waals surface area (Å²) in [5.41, 5.74) is 1.74. The minimum absolute atomic E-state index is 0.0421. The van der Waals surface area contributed by atoms with Crippen LogP contribution >= 0.6 is 11.8 Å². The van der Waals surface area contributed by atoms with Crippen LogP contribution in [0.15, 0.2) is 46.4 Å². The molecule has 2 aromatic heterocycles. The van der Waals surface area contributed by atoms with Crippen molar-refractivity contribution in [2.24, 2.45) is 4.99 Å². The molecule has 1 aromatic carbocycles. The Morgan fingerprint density at radius 1 is 1.28 bits per heavy atom. The molecule has 0 bridgehead atoms. The van der Waals surface area contributed by atoms with E-state index in [-0.39, 0.29) is 28.7 Å². The van der Waals surface area contributed by atoms with Gasteiger partial charge in [-0.1, -0.05) is 11.8 Å². The van der Waals surface area contributed by atoms with Crippen LogP contribution in [0.2, 0.25) is 0 Å². The SMILES string of the molecule is CC(C)Oc1cc(Oc2ccc(S(C)(=O)=O)cn2)cc2cc(C3=NCC(CCO)S3)[nH]c12. The number of hydrogen-bond donors (Lipinski definition) is 2. The number of fused-ring (bicyclic) bond motifs is 1. The first-order chi connectivity index (χ1) is 15.2. The van der Waals surface area contributed by atoms with Gasteiger partial charge in [0.1, 0.15) is 16.5 Å². The number of hydrogen-bond acceptors (Lipinski definition) is 8. The molecule has 0 fully saturated rings. The number of aliphatic hydroxyl groups is 1. The zero-order valence-electron chi connectivity index (χ0n) is 18.0. The van der Waals surface area contributed by atoms with Crippen molar-refractivity contribution < 1.29 is 23.0 Å². The molecule has 170 valence electrons. The van der Waals surface area contributed by atoms with Crippen LogP contribution in [0.1, 0.15) is 26.0 Å². The maximum Gasteiger partial charge on any atom is 0.219 e. The lowest BCUT2D eigenvalue weighted by Crippen LogP contribution is -2.06. The standard InChI is InChI=1S/C22H25N3O5S2/c1-13(2)29-19-10-15(30-20-5-4-17(12-23-20)32(3,27)28)8-14-9-18(25-21(14)19)22-24-11-16(31-22)6-7-26/h4-5,8-10,12-13,16,25-26H,6-7,11H2,1-3H3. The number of rotatable bonds is 8. The molecule has 1 aliphatic heterocycles. The second kappa shape index (κ2) is 9.13. The highest BCUT2D eigenvalue weighted by molar-refractivity contribution is 8.15. The molecule has 3 aromatic rings. The lowest BCUT2D eigenvalue weighted by atomic mass is 10.2. The van der Waals surface area contributed by atoms with E-state index < -0.39 is 9.84 Å². The first kappa shape index (κ1) is 22.6. The second-order valence-corrected chi connectivity index (χ2v) is 11.1. The van der Waals surface area contributed by atoms with Gasteiger partial charge in [-0.25, -0.2) is 13.4 Å². The number of thioether (sulfide) groups is 1. The fourth-order valence-corrected chi connectivity index (χ4v) is 4.97. The minimum Gasteiger partial charge on any atom is -0.489 e. The fraction of sp³-hybridized carbons (Fsp3) is 0.364. The number of benzene rings is 1. The molecule has 1 unspecified atom stereocenters. The Bertz CT molecular complexity index is 1250. The Balaban J connectivity index is 1.65. The first-order valence-corrected chi connectivity index (χ1v) is 13.0. The highest BCUT2D eigenvalue weighted by Crippen LogP contribution is 2.36. The van der Waals surface area contributed by atoms with Crippen LogP contribution in [0.4, 0.5) is 0 Å². The molecule has 3 heterocycles. The molecule has 4 rings (SSSR count). The Hall–Kier alpha value is -2.56. The molecule has 1 atom stereocenters. The summed E-state index contributed by atoms with van der Waals surface area (Å²) in [7, 11) is -3.32. The van der Waals surface area contributed by atoms with Gasteiger partial charge in [-0.2, -0.15) is 0 Å². The van der Waals surface area contributed by atoms with Gasteiger partial charge in [-0.15, -0.1) is 0 Å². The average molecular weight is 476 g/mol. The summed E-state index contributed by atoms with van der Waals surface area (Å²) in [6.07, 6.45) is 3.08. The number of nitrogens with one attached hydrogen (secondary N) is 1. The molecule has 0 spiro atoms. The zero-order chi connectivity index (χ0) is 22.9. The van der Waals surface area contributed by atoms with Gasteiger partial charge in [0.25, 0.3) is 0 Å². The van der Waals surface area contributed by atoms with Crippen LogP contribution in [0.5, 0.6) is 17.4 Å². The zero-order valence-corrected chi connectivity index (χ0v) is 19.7. The van der Waals surface area contributed by atoms with Gasteiger partial charge in [0.2, 0.25) is 5.88 Å². The topological polar surface area (TPSA) is 114 Å². The molecule has 0 saturated carbocycles. The summed E-state index contributed by atoms with van der Waals surface area (Å²) in [5, 5.41) is 11.3. The van der Waals surface area contributed by atoms with Crippen molar-refractivity contribution in [1.82, 2.24) is 9.97 Å². The average Bonchev–Trinajstić information content (AvgIpc) is 3.34. The van der Waals surface area contributed by atoms with E-state index in [9.17, 15) is 13.5 Å². The number of aliphatic hydroxyl groups excluding tert-OH is 1. The maximum absolute atomic E-state index is 11.6. The Labute approximate surface area is 191 Å². The summed E-state index contributed by atoms with van der Waals surface area (Å²) in [4.78, 5) is 12.3. The van der Waals surface area contributed by atoms with Crippen LogP contribution in [0.3, 0.4) is 0 Å². The van der Waals surface area contributed by atoms with E-state index in [2.05, 4.69) is 15.0 Å². The number of pyridine rings is 1. The Morgan fingerprint density at radius 3 is 2.75 bits per heavy atom. The van der Waals surface area contributed by atoms with E-state index in [1.807, 2.05) is 26.0 Å². The molecule has 0 amide bonds. The van der Waals surface area contributed by atoms with E-state index in [1.54, 1.807) is 17.8 Å². The Kier molecular flexibility index (Phi) is 6.45. The largest absolute Gasteiger partial charge is 0.489 e. The molecule has 0 saturated heterocycles. The monoisotopic (exact) mass is 475 g/mol. The van der Waals surface area contributed by atoms with Crippen LogP contribution in [0.25, 0.3) is 10.9 Å². The van der Waals surface area contributed by atoms with E-state index in [0.29, 0.717) is 24.5 Å². The number of aromatic amines is 1. The van der Waals surface area contributed by atoms with Crippen LogP contribution in [0, 0.1) is 0 Å². The third-order valence-electron chi connectivity index (χ3n) is 4.79. The van der Waals surface area contributed by atoms with Gasteiger partial charge in [-0.05, 0) is 38.5 Å². The molecule has 32 heavy (non-hydrogen) atoms. The highest BCUT2D eigenvalue weighted by atomic mass is 32.2. The van der Waals surface area contributed by atoms with Crippen LogP contribution < -0.4 is 9.47 Å². The first-order valence-electron chi connectivity index (χ1n) is 10.2. The lowest BCUT2D eigenvalue weighted by Gasteiger charge is -2.13. The number of nitrogens with zero attached hydrogens (tertiary/aromatic N) is 2. The number of H-pyrrole nitrogens is 1. The van der Waals surface area contributed by atoms with Crippen LogP contribution in [-0.4, -0.2) is 59.3 Å². The molecular formula is C22H25N3O5S2. The molecule has 8 nitrogen and oxygen atoms in total. The molecule has 2 N–H and O–H groups in total. The highest BCUT2D eigenvalue weighted by Gasteiger charge is 2.22. The summed E-state index contributed by atoms with van der Waals surface area (Å²) >= 11 is 1.66. The normalized spacial score (nSPS) is 16.5. The third-order valence-corrected chi connectivity index (χ3v) is 7.17. The fourth-order valence-electron chi connectivity index (χ4n) is 3.33. The van der Waals surface area contributed by atoms with E-state index in [0.717, 1.165) is 27.9 Å².